The monoisotopic (exact) mass is 427 g/mol. The van der Waals surface area contributed by atoms with E-state index in [1.165, 1.54) is 25.1 Å². The maximum Gasteiger partial charge on any atom is 0.233 e. The summed E-state index contributed by atoms with van der Waals surface area (Å²) in [6.07, 6.45) is 1.33. The molecule has 0 bridgehead atoms. The second kappa shape index (κ2) is 8.67. The van der Waals surface area contributed by atoms with Gasteiger partial charge in [0.15, 0.2) is 5.78 Å². The molecule has 1 aliphatic heterocycles. The Morgan fingerprint density at radius 1 is 1.19 bits per heavy atom. The summed E-state index contributed by atoms with van der Waals surface area (Å²) in [4.78, 5) is 27.0. The minimum absolute atomic E-state index is 0.108. The Morgan fingerprint density at radius 3 is 2.58 bits per heavy atom. The van der Waals surface area contributed by atoms with E-state index in [0.29, 0.717) is 25.4 Å². The second-order valence-electron chi connectivity index (χ2n) is 8.06. The molecular weight excluding hydrogens is 401 g/mol. The van der Waals surface area contributed by atoms with Gasteiger partial charge in [-0.05, 0) is 55.7 Å². The van der Waals surface area contributed by atoms with Crippen LogP contribution in [-0.4, -0.2) is 56.1 Å². The Bertz CT molecular complexity index is 970. The van der Waals surface area contributed by atoms with Gasteiger partial charge in [-0.15, -0.1) is 0 Å². The number of benzene rings is 2. The molecule has 2 aromatic rings. The number of halogens is 1. The average molecular weight is 427 g/mol. The molecule has 1 heterocycles. The number of Topliss-reactive ketones (excluding diaryl/α,β-unsaturated/α-hetero) is 1. The van der Waals surface area contributed by atoms with Crippen LogP contribution in [-0.2, 0) is 14.9 Å². The van der Waals surface area contributed by atoms with Gasteiger partial charge < -0.3 is 19.1 Å². The van der Waals surface area contributed by atoms with Crippen molar-refractivity contribution in [2.45, 2.75) is 31.3 Å². The number of ketones is 1. The minimum Gasteiger partial charge on any atom is -0.497 e. The van der Waals surface area contributed by atoms with Crippen molar-refractivity contribution < 1.29 is 28.2 Å². The van der Waals surface area contributed by atoms with Crippen LogP contribution in [0.25, 0.3) is 0 Å². The SMILES string of the molecule is COc1ccc(C2(C(=O)N3CCOC(COc4ccc(F)cc4C(C)=O)C3)CC2)cc1. The quantitative estimate of drug-likeness (QED) is 0.634. The average Bonchev–Trinajstić information content (AvgIpc) is 3.60. The first-order chi connectivity index (χ1) is 14.9. The molecule has 1 aliphatic carbocycles. The van der Waals surface area contributed by atoms with E-state index in [1.54, 1.807) is 7.11 Å². The van der Waals surface area contributed by atoms with Gasteiger partial charge in [-0.3, -0.25) is 9.59 Å². The Kier molecular flexibility index (Phi) is 5.96. The highest BCUT2D eigenvalue weighted by molar-refractivity contribution is 5.96. The van der Waals surface area contributed by atoms with Gasteiger partial charge in [0.25, 0.3) is 0 Å². The van der Waals surface area contributed by atoms with E-state index in [0.717, 1.165) is 24.2 Å². The molecule has 164 valence electrons. The predicted molar refractivity (Wildman–Crippen MR) is 112 cm³/mol. The van der Waals surface area contributed by atoms with Gasteiger partial charge in [-0.1, -0.05) is 12.1 Å². The van der Waals surface area contributed by atoms with E-state index >= 15 is 0 Å². The van der Waals surface area contributed by atoms with E-state index in [4.69, 9.17) is 14.2 Å². The van der Waals surface area contributed by atoms with Gasteiger partial charge in [-0.25, -0.2) is 4.39 Å². The molecule has 2 aliphatic rings. The van der Waals surface area contributed by atoms with Crippen molar-refractivity contribution in [2.24, 2.45) is 0 Å². The molecule has 0 aromatic heterocycles. The molecule has 4 rings (SSSR count). The summed E-state index contributed by atoms with van der Waals surface area (Å²) < 4.78 is 30.2. The number of carbonyl (C=O) groups excluding carboxylic acids is 2. The lowest BCUT2D eigenvalue weighted by atomic mass is 9.94. The first-order valence-corrected chi connectivity index (χ1v) is 10.4. The van der Waals surface area contributed by atoms with Crippen LogP contribution in [0.3, 0.4) is 0 Å². The van der Waals surface area contributed by atoms with E-state index < -0.39 is 11.2 Å². The largest absolute Gasteiger partial charge is 0.497 e. The smallest absolute Gasteiger partial charge is 0.233 e. The van der Waals surface area contributed by atoms with Gasteiger partial charge in [0.1, 0.15) is 30.0 Å². The van der Waals surface area contributed by atoms with Gasteiger partial charge in [0, 0.05) is 6.54 Å². The lowest BCUT2D eigenvalue weighted by Crippen LogP contribution is -2.50. The molecular formula is C24H26FNO5. The first-order valence-electron chi connectivity index (χ1n) is 10.4. The summed E-state index contributed by atoms with van der Waals surface area (Å²) in [5, 5.41) is 0. The van der Waals surface area contributed by atoms with Crippen molar-refractivity contribution >= 4 is 11.7 Å². The van der Waals surface area contributed by atoms with Crippen LogP contribution in [0.5, 0.6) is 11.5 Å². The van der Waals surface area contributed by atoms with Gasteiger partial charge in [-0.2, -0.15) is 0 Å². The van der Waals surface area contributed by atoms with Crippen LogP contribution >= 0.6 is 0 Å². The number of rotatable bonds is 7. The highest BCUT2D eigenvalue weighted by atomic mass is 19.1. The summed E-state index contributed by atoms with van der Waals surface area (Å²) >= 11 is 0. The van der Waals surface area contributed by atoms with Crippen LogP contribution in [0.15, 0.2) is 42.5 Å². The highest BCUT2D eigenvalue weighted by Crippen LogP contribution is 2.50. The fourth-order valence-corrected chi connectivity index (χ4v) is 4.05. The van der Waals surface area contributed by atoms with Crippen molar-refractivity contribution in [3.63, 3.8) is 0 Å². The fraction of sp³-hybridized carbons (Fsp3) is 0.417. The van der Waals surface area contributed by atoms with Crippen LogP contribution in [0.4, 0.5) is 4.39 Å². The molecule has 7 heteroatoms. The summed E-state index contributed by atoms with van der Waals surface area (Å²) in [5.74, 6) is 0.430. The number of methoxy groups -OCH3 is 1. The van der Waals surface area contributed by atoms with Crippen LogP contribution in [0.1, 0.15) is 35.7 Å². The van der Waals surface area contributed by atoms with E-state index in [2.05, 4.69) is 0 Å². The first kappa shape index (κ1) is 21.3. The van der Waals surface area contributed by atoms with Crippen LogP contribution < -0.4 is 9.47 Å². The lowest BCUT2D eigenvalue weighted by Gasteiger charge is -2.35. The number of carbonyl (C=O) groups is 2. The summed E-state index contributed by atoms with van der Waals surface area (Å²) in [5.41, 5.74) is 0.739. The number of morpholine rings is 1. The predicted octanol–water partition coefficient (Wildman–Crippen LogP) is 3.37. The number of ether oxygens (including phenoxy) is 3. The highest BCUT2D eigenvalue weighted by Gasteiger charge is 2.53. The molecule has 1 saturated carbocycles. The molecule has 2 fully saturated rings. The van der Waals surface area contributed by atoms with Crippen molar-refractivity contribution in [3.8, 4) is 11.5 Å². The third-order valence-corrected chi connectivity index (χ3v) is 5.97. The molecule has 31 heavy (non-hydrogen) atoms. The maximum atomic E-state index is 13.5. The van der Waals surface area contributed by atoms with Gasteiger partial charge in [0.05, 0.1) is 31.2 Å². The lowest BCUT2D eigenvalue weighted by molar-refractivity contribution is -0.142. The Balaban J connectivity index is 1.41. The van der Waals surface area contributed by atoms with Crippen LogP contribution in [0, 0.1) is 5.82 Å². The summed E-state index contributed by atoms with van der Waals surface area (Å²) in [6.45, 7) is 2.90. The molecule has 0 N–H and O–H groups in total. The third-order valence-electron chi connectivity index (χ3n) is 5.97. The van der Waals surface area contributed by atoms with Crippen LogP contribution in [0.2, 0.25) is 0 Å². The van der Waals surface area contributed by atoms with E-state index in [9.17, 15) is 14.0 Å². The number of hydrogen-bond acceptors (Lipinski definition) is 5. The Hall–Kier alpha value is -2.93. The van der Waals surface area contributed by atoms with Gasteiger partial charge >= 0.3 is 0 Å². The minimum atomic E-state index is -0.489. The molecule has 2 aromatic carbocycles. The topological polar surface area (TPSA) is 65.1 Å². The number of amides is 1. The number of hydrogen-bond donors (Lipinski definition) is 0. The van der Waals surface area contributed by atoms with Crippen molar-refractivity contribution in [3.05, 3.63) is 59.4 Å². The Morgan fingerprint density at radius 2 is 1.94 bits per heavy atom. The summed E-state index contributed by atoms with van der Waals surface area (Å²) in [6, 6.07) is 11.6. The summed E-state index contributed by atoms with van der Waals surface area (Å²) in [7, 11) is 1.62. The van der Waals surface area contributed by atoms with Gasteiger partial charge in [0.2, 0.25) is 5.91 Å². The molecule has 6 nitrogen and oxygen atoms in total. The standard InChI is InChI=1S/C24H26FNO5/c1-16(27)21-13-18(25)5-8-22(21)31-15-20-14-26(11-12-30-20)23(28)24(9-10-24)17-3-6-19(29-2)7-4-17/h3-8,13,20H,9-12,14-15H2,1-2H3. The van der Waals surface area contributed by atoms with Crippen molar-refractivity contribution in [1.82, 2.24) is 4.90 Å². The zero-order valence-electron chi connectivity index (χ0n) is 17.7. The Labute approximate surface area is 180 Å². The maximum absolute atomic E-state index is 13.5. The number of nitrogens with zero attached hydrogens (tertiary/aromatic N) is 1. The second-order valence-corrected chi connectivity index (χ2v) is 8.06. The third kappa shape index (κ3) is 4.42. The zero-order valence-corrected chi connectivity index (χ0v) is 17.7. The normalized spacial score (nSPS) is 19.6. The molecule has 0 spiro atoms. The fourth-order valence-electron chi connectivity index (χ4n) is 4.05. The molecule has 1 unspecified atom stereocenters. The molecule has 1 amide bonds. The van der Waals surface area contributed by atoms with Crippen molar-refractivity contribution in [1.29, 1.82) is 0 Å². The van der Waals surface area contributed by atoms with Crippen molar-refractivity contribution in [2.75, 3.05) is 33.4 Å². The van der Waals surface area contributed by atoms with E-state index in [-0.39, 0.29) is 30.0 Å². The molecule has 1 atom stereocenters. The molecule has 0 radical (unpaired) electrons. The van der Waals surface area contributed by atoms with E-state index in [1.807, 2.05) is 29.2 Å². The zero-order chi connectivity index (χ0) is 22.0. The molecule has 1 saturated heterocycles.